The number of aromatic hydroxyl groups is 2. The molecule has 0 saturated heterocycles. The van der Waals surface area contributed by atoms with Crippen LogP contribution in [0.3, 0.4) is 0 Å². The van der Waals surface area contributed by atoms with E-state index in [2.05, 4.69) is 0 Å². The van der Waals surface area contributed by atoms with Crippen molar-refractivity contribution in [3.63, 3.8) is 0 Å². The molecule has 0 atom stereocenters. The molecular formula is C18H19NO5. The monoisotopic (exact) mass is 329 g/mol. The third-order valence-corrected chi connectivity index (χ3v) is 3.84. The minimum Gasteiger partial charge on any atom is -0.507 e. The fourth-order valence-electron chi connectivity index (χ4n) is 2.58. The van der Waals surface area contributed by atoms with E-state index in [0.717, 1.165) is 6.07 Å². The van der Waals surface area contributed by atoms with Crippen LogP contribution in [0.1, 0.15) is 40.1 Å². The van der Waals surface area contributed by atoms with E-state index in [9.17, 15) is 24.9 Å². The number of phenols is 2. The van der Waals surface area contributed by atoms with Gasteiger partial charge in [0.2, 0.25) is 0 Å². The molecule has 0 amide bonds. The molecule has 2 aromatic rings. The number of hydrogen-bond acceptors (Lipinski definition) is 5. The summed E-state index contributed by atoms with van der Waals surface area (Å²) in [5.41, 5.74) is 0.202. The predicted molar refractivity (Wildman–Crippen MR) is 90.2 cm³/mol. The summed E-state index contributed by atoms with van der Waals surface area (Å²) in [5.74, 6) is -2.37. The molecular weight excluding hydrogens is 310 g/mol. The maximum atomic E-state index is 12.7. The maximum absolute atomic E-state index is 12.7. The van der Waals surface area contributed by atoms with Crippen LogP contribution in [0, 0.1) is 0 Å². The molecule has 0 aliphatic rings. The van der Waals surface area contributed by atoms with Gasteiger partial charge in [0, 0.05) is 24.7 Å². The van der Waals surface area contributed by atoms with E-state index in [0.29, 0.717) is 18.8 Å². The van der Waals surface area contributed by atoms with Crippen LogP contribution in [-0.2, 0) is 0 Å². The normalized spacial score (nSPS) is 10.4. The first-order valence-electron chi connectivity index (χ1n) is 7.58. The van der Waals surface area contributed by atoms with Gasteiger partial charge in [-0.3, -0.25) is 4.79 Å². The van der Waals surface area contributed by atoms with Crippen molar-refractivity contribution in [2.24, 2.45) is 0 Å². The molecule has 0 aliphatic heterocycles. The van der Waals surface area contributed by atoms with Crippen molar-refractivity contribution < 1.29 is 24.9 Å². The minimum absolute atomic E-state index is 0.0171. The van der Waals surface area contributed by atoms with Crippen LogP contribution >= 0.6 is 0 Å². The second-order valence-electron chi connectivity index (χ2n) is 5.21. The second kappa shape index (κ2) is 7.04. The van der Waals surface area contributed by atoms with E-state index >= 15 is 0 Å². The number of hydrogen-bond donors (Lipinski definition) is 3. The largest absolute Gasteiger partial charge is 0.507 e. The Morgan fingerprint density at radius 3 is 2.04 bits per heavy atom. The van der Waals surface area contributed by atoms with E-state index in [1.54, 1.807) is 6.07 Å². The molecule has 6 nitrogen and oxygen atoms in total. The molecule has 0 unspecified atom stereocenters. The molecule has 0 aromatic heterocycles. The van der Waals surface area contributed by atoms with Gasteiger partial charge >= 0.3 is 5.97 Å². The van der Waals surface area contributed by atoms with Crippen molar-refractivity contribution in [3.8, 4) is 11.5 Å². The Labute approximate surface area is 139 Å². The summed E-state index contributed by atoms with van der Waals surface area (Å²) in [4.78, 5) is 25.9. The van der Waals surface area contributed by atoms with E-state index in [4.69, 9.17) is 0 Å². The third-order valence-electron chi connectivity index (χ3n) is 3.84. The van der Waals surface area contributed by atoms with Crippen LogP contribution in [-0.4, -0.2) is 40.2 Å². The van der Waals surface area contributed by atoms with Crippen LogP contribution in [0.4, 0.5) is 5.69 Å². The third kappa shape index (κ3) is 3.17. The lowest BCUT2D eigenvalue weighted by Crippen LogP contribution is -2.22. The molecule has 0 radical (unpaired) electrons. The number of carbonyl (C=O) groups is 2. The first-order valence-corrected chi connectivity index (χ1v) is 7.58. The summed E-state index contributed by atoms with van der Waals surface area (Å²) in [6.45, 7) is 5.01. The van der Waals surface area contributed by atoms with Gasteiger partial charge in [-0.25, -0.2) is 4.79 Å². The zero-order chi connectivity index (χ0) is 17.9. The highest BCUT2D eigenvalue weighted by Gasteiger charge is 2.22. The fraction of sp³-hybridized carbons (Fsp3) is 0.222. The molecule has 6 heteroatoms. The van der Waals surface area contributed by atoms with Gasteiger partial charge in [0.1, 0.15) is 11.5 Å². The second-order valence-corrected chi connectivity index (χ2v) is 5.21. The van der Waals surface area contributed by atoms with Gasteiger partial charge in [-0.1, -0.05) is 18.2 Å². The number of carbonyl (C=O) groups excluding carboxylic acids is 1. The highest BCUT2D eigenvalue weighted by atomic mass is 16.4. The Balaban J connectivity index is 2.58. The molecule has 0 fully saturated rings. The van der Waals surface area contributed by atoms with Gasteiger partial charge in [-0.15, -0.1) is 0 Å². The van der Waals surface area contributed by atoms with E-state index in [1.165, 1.54) is 24.3 Å². The van der Waals surface area contributed by atoms with Crippen LogP contribution < -0.4 is 4.90 Å². The summed E-state index contributed by atoms with van der Waals surface area (Å²) >= 11 is 0. The number of anilines is 1. The highest BCUT2D eigenvalue weighted by molar-refractivity contribution is 6.16. The summed E-state index contributed by atoms with van der Waals surface area (Å²) in [6.07, 6.45) is 0. The number of nitrogens with zero attached hydrogens (tertiary/aromatic N) is 1. The standard InChI is InChI=1S/C18H19NO5/c1-3-19(4-2)14-9-13(15(20)10-16(14)21)17(22)11-7-5-6-8-12(11)18(23)24/h5-10,20-21H,3-4H2,1-2H3,(H,23,24). The van der Waals surface area contributed by atoms with Gasteiger partial charge in [-0.05, 0) is 26.0 Å². The highest BCUT2D eigenvalue weighted by Crippen LogP contribution is 2.35. The van der Waals surface area contributed by atoms with Crippen molar-refractivity contribution in [2.75, 3.05) is 18.0 Å². The molecule has 0 heterocycles. The van der Waals surface area contributed by atoms with Crippen LogP contribution in [0.2, 0.25) is 0 Å². The molecule has 0 aliphatic carbocycles. The van der Waals surface area contributed by atoms with Crippen molar-refractivity contribution in [3.05, 3.63) is 53.1 Å². The molecule has 0 spiro atoms. The number of phenolic OH excluding ortho intramolecular Hbond substituents is 2. The van der Waals surface area contributed by atoms with Crippen LogP contribution in [0.15, 0.2) is 36.4 Å². The first-order chi connectivity index (χ1) is 11.4. The zero-order valence-electron chi connectivity index (χ0n) is 13.5. The minimum atomic E-state index is -1.22. The number of rotatable bonds is 6. The fourth-order valence-corrected chi connectivity index (χ4v) is 2.58. The number of ketones is 1. The number of carboxylic acids is 1. The molecule has 0 bridgehead atoms. The van der Waals surface area contributed by atoms with Gasteiger partial charge in [0.05, 0.1) is 16.8 Å². The van der Waals surface area contributed by atoms with Gasteiger partial charge in [0.15, 0.2) is 5.78 Å². The van der Waals surface area contributed by atoms with E-state index in [-0.39, 0.29) is 22.4 Å². The SMILES string of the molecule is CCN(CC)c1cc(C(=O)c2ccccc2C(=O)O)c(O)cc1O. The Hall–Kier alpha value is -3.02. The Kier molecular flexibility index (Phi) is 5.08. The van der Waals surface area contributed by atoms with Gasteiger partial charge in [0.25, 0.3) is 0 Å². The smallest absolute Gasteiger partial charge is 0.336 e. The molecule has 3 N–H and O–H groups in total. The summed E-state index contributed by atoms with van der Waals surface area (Å²) in [6, 6.07) is 8.30. The molecule has 2 rings (SSSR count). The Morgan fingerprint density at radius 2 is 1.50 bits per heavy atom. The maximum Gasteiger partial charge on any atom is 0.336 e. The molecule has 2 aromatic carbocycles. The summed E-state index contributed by atoms with van der Waals surface area (Å²) in [5, 5.41) is 29.3. The topological polar surface area (TPSA) is 98.1 Å². The van der Waals surface area contributed by atoms with Gasteiger partial charge in [-0.2, -0.15) is 0 Å². The number of benzene rings is 2. The molecule has 24 heavy (non-hydrogen) atoms. The molecule has 126 valence electrons. The van der Waals surface area contributed by atoms with E-state index < -0.39 is 17.5 Å². The molecule has 0 saturated carbocycles. The van der Waals surface area contributed by atoms with Crippen LogP contribution in [0.5, 0.6) is 11.5 Å². The lowest BCUT2D eigenvalue weighted by Gasteiger charge is -2.23. The number of carboxylic acid groups (broad SMARTS) is 1. The quantitative estimate of drug-likeness (QED) is 0.705. The van der Waals surface area contributed by atoms with Crippen molar-refractivity contribution >= 4 is 17.4 Å². The van der Waals surface area contributed by atoms with Gasteiger partial charge < -0.3 is 20.2 Å². The lowest BCUT2D eigenvalue weighted by molar-refractivity contribution is 0.0692. The predicted octanol–water partition coefficient (Wildman–Crippen LogP) is 2.87. The average molecular weight is 329 g/mol. The Bertz CT molecular complexity index is 781. The van der Waals surface area contributed by atoms with Crippen molar-refractivity contribution in [2.45, 2.75) is 13.8 Å². The Morgan fingerprint density at radius 1 is 0.917 bits per heavy atom. The van der Waals surface area contributed by atoms with Crippen LogP contribution in [0.25, 0.3) is 0 Å². The summed E-state index contributed by atoms with van der Waals surface area (Å²) in [7, 11) is 0. The van der Waals surface area contributed by atoms with Crippen molar-refractivity contribution in [1.29, 1.82) is 0 Å². The van der Waals surface area contributed by atoms with Crippen molar-refractivity contribution in [1.82, 2.24) is 0 Å². The summed E-state index contributed by atoms with van der Waals surface area (Å²) < 4.78 is 0. The number of aromatic carboxylic acids is 1. The zero-order valence-corrected chi connectivity index (χ0v) is 13.5. The average Bonchev–Trinajstić information content (AvgIpc) is 2.57. The lowest BCUT2D eigenvalue weighted by atomic mass is 9.97. The van der Waals surface area contributed by atoms with E-state index in [1.807, 2.05) is 18.7 Å². The first kappa shape index (κ1) is 17.3.